The number of ketones is 1. The predicted octanol–water partition coefficient (Wildman–Crippen LogP) is 4.56. The third kappa shape index (κ3) is 4.37. The summed E-state index contributed by atoms with van der Waals surface area (Å²) in [6.07, 6.45) is 4.07. The molecule has 1 aliphatic heterocycles. The Hall–Kier alpha value is -4.13. The van der Waals surface area contributed by atoms with Gasteiger partial charge in [0, 0.05) is 43.4 Å². The van der Waals surface area contributed by atoms with Crippen molar-refractivity contribution in [1.29, 1.82) is 0 Å². The summed E-state index contributed by atoms with van der Waals surface area (Å²) < 4.78 is 5.68. The quantitative estimate of drug-likeness (QED) is 0.318. The molecular formula is C27H27N3O4. The molecule has 0 spiro atoms. The van der Waals surface area contributed by atoms with Crippen LogP contribution in [0.1, 0.15) is 30.5 Å². The molecule has 2 heterocycles. The average molecular weight is 458 g/mol. The highest BCUT2D eigenvalue weighted by molar-refractivity contribution is 6.51. The van der Waals surface area contributed by atoms with E-state index < -0.39 is 17.7 Å². The van der Waals surface area contributed by atoms with E-state index in [2.05, 4.69) is 4.98 Å². The second-order valence-corrected chi connectivity index (χ2v) is 8.24. The van der Waals surface area contributed by atoms with Crippen molar-refractivity contribution in [2.75, 3.05) is 30.5 Å². The summed E-state index contributed by atoms with van der Waals surface area (Å²) >= 11 is 0. The van der Waals surface area contributed by atoms with E-state index in [-0.39, 0.29) is 11.3 Å². The van der Waals surface area contributed by atoms with E-state index in [0.29, 0.717) is 29.2 Å². The molecule has 1 saturated heterocycles. The van der Waals surface area contributed by atoms with Gasteiger partial charge in [0.15, 0.2) is 0 Å². The summed E-state index contributed by atoms with van der Waals surface area (Å²) in [6.45, 7) is 2.54. The number of carbonyl (C=O) groups excluding carboxylic acids is 2. The number of hydrogen-bond donors (Lipinski definition) is 1. The second-order valence-electron chi connectivity index (χ2n) is 8.24. The summed E-state index contributed by atoms with van der Waals surface area (Å²) in [5.74, 6) is -1.12. The van der Waals surface area contributed by atoms with Gasteiger partial charge in [0.1, 0.15) is 11.5 Å². The fourth-order valence-corrected chi connectivity index (χ4v) is 3.97. The van der Waals surface area contributed by atoms with E-state index >= 15 is 0 Å². The lowest BCUT2D eigenvalue weighted by molar-refractivity contribution is -0.132. The van der Waals surface area contributed by atoms with Gasteiger partial charge < -0.3 is 14.7 Å². The smallest absolute Gasteiger partial charge is 0.300 e. The molecule has 4 rings (SSSR count). The molecule has 7 heteroatoms. The van der Waals surface area contributed by atoms with E-state index in [9.17, 15) is 14.7 Å². The highest BCUT2D eigenvalue weighted by Crippen LogP contribution is 2.42. The van der Waals surface area contributed by atoms with Gasteiger partial charge in [-0.3, -0.25) is 19.5 Å². The molecule has 2 aromatic carbocycles. The Bertz CT molecular complexity index is 1220. The van der Waals surface area contributed by atoms with E-state index in [0.717, 1.165) is 12.1 Å². The molecule has 0 radical (unpaired) electrons. The van der Waals surface area contributed by atoms with Crippen LogP contribution in [0.4, 0.5) is 11.4 Å². The van der Waals surface area contributed by atoms with Crippen LogP contribution in [0.15, 0.2) is 78.6 Å². The standard InChI is InChI=1S/C27H27N3O4/c1-4-15-34-22-9-5-7-18(16-22)25(31)23-24(19-8-6-14-28-17-19)30(27(33)26(23)32)21-12-10-20(11-13-21)29(2)3/h5-14,16-17,24,31H,4,15H2,1-3H3/b25-23+. The minimum atomic E-state index is -0.820. The predicted molar refractivity (Wildman–Crippen MR) is 132 cm³/mol. The first-order valence-electron chi connectivity index (χ1n) is 11.1. The van der Waals surface area contributed by atoms with E-state index in [1.165, 1.54) is 4.90 Å². The Morgan fingerprint density at radius 1 is 1.09 bits per heavy atom. The van der Waals surface area contributed by atoms with Crippen molar-refractivity contribution >= 4 is 28.8 Å². The normalized spacial score (nSPS) is 17.1. The Morgan fingerprint density at radius 3 is 2.50 bits per heavy atom. The Kier molecular flexibility index (Phi) is 6.63. The molecule has 34 heavy (non-hydrogen) atoms. The van der Waals surface area contributed by atoms with Gasteiger partial charge in [0.2, 0.25) is 0 Å². The van der Waals surface area contributed by atoms with Crippen molar-refractivity contribution in [3.8, 4) is 5.75 Å². The van der Waals surface area contributed by atoms with Gasteiger partial charge in [0.25, 0.3) is 11.7 Å². The number of aromatic nitrogens is 1. The summed E-state index contributed by atoms with van der Waals surface area (Å²) in [5.41, 5.74) is 2.56. The van der Waals surface area contributed by atoms with Crippen molar-refractivity contribution in [2.24, 2.45) is 0 Å². The van der Waals surface area contributed by atoms with Crippen LogP contribution >= 0.6 is 0 Å². The topological polar surface area (TPSA) is 83.0 Å². The molecule has 1 aromatic heterocycles. The average Bonchev–Trinajstić information content (AvgIpc) is 3.13. The number of ether oxygens (including phenoxy) is 1. The molecule has 1 unspecified atom stereocenters. The van der Waals surface area contributed by atoms with Crippen LogP contribution in [0, 0.1) is 0 Å². The number of aliphatic hydroxyl groups excluding tert-OH is 1. The Balaban J connectivity index is 1.85. The van der Waals surface area contributed by atoms with Gasteiger partial charge in [-0.15, -0.1) is 0 Å². The molecule has 7 nitrogen and oxygen atoms in total. The van der Waals surface area contributed by atoms with E-state index in [1.807, 2.05) is 38.1 Å². The van der Waals surface area contributed by atoms with Gasteiger partial charge >= 0.3 is 0 Å². The molecule has 1 N–H and O–H groups in total. The van der Waals surface area contributed by atoms with Crippen LogP contribution in [-0.4, -0.2) is 42.5 Å². The molecule has 0 saturated carbocycles. The summed E-state index contributed by atoms with van der Waals surface area (Å²) in [5, 5.41) is 11.3. The third-order valence-electron chi connectivity index (χ3n) is 5.67. The first kappa shape index (κ1) is 23.0. The molecule has 174 valence electrons. The van der Waals surface area contributed by atoms with E-state index in [4.69, 9.17) is 4.74 Å². The summed E-state index contributed by atoms with van der Waals surface area (Å²) in [7, 11) is 3.85. The zero-order chi connectivity index (χ0) is 24.2. The number of hydrogen-bond acceptors (Lipinski definition) is 6. The largest absolute Gasteiger partial charge is 0.507 e. The van der Waals surface area contributed by atoms with Crippen molar-refractivity contribution < 1.29 is 19.4 Å². The number of carbonyl (C=O) groups is 2. The fraction of sp³-hybridized carbons (Fsp3) is 0.222. The van der Waals surface area contributed by atoms with Crippen molar-refractivity contribution in [1.82, 2.24) is 4.98 Å². The number of rotatable bonds is 7. The number of pyridine rings is 1. The lowest BCUT2D eigenvalue weighted by Crippen LogP contribution is -2.29. The maximum Gasteiger partial charge on any atom is 0.300 e. The van der Waals surface area contributed by atoms with Crippen LogP contribution in [0.25, 0.3) is 5.76 Å². The van der Waals surface area contributed by atoms with Crippen molar-refractivity contribution in [3.63, 3.8) is 0 Å². The first-order chi connectivity index (χ1) is 16.4. The second kappa shape index (κ2) is 9.79. The van der Waals surface area contributed by atoms with Gasteiger partial charge in [-0.05, 0) is 54.4 Å². The molecule has 1 amide bonds. The molecular weight excluding hydrogens is 430 g/mol. The van der Waals surface area contributed by atoms with E-state index in [1.54, 1.807) is 60.9 Å². The van der Waals surface area contributed by atoms with Gasteiger partial charge in [-0.1, -0.05) is 25.1 Å². The summed E-state index contributed by atoms with van der Waals surface area (Å²) in [6, 6.07) is 16.9. The lowest BCUT2D eigenvalue weighted by Gasteiger charge is -2.25. The van der Waals surface area contributed by atoms with Crippen molar-refractivity contribution in [3.05, 3.63) is 89.8 Å². The third-order valence-corrected chi connectivity index (χ3v) is 5.67. The maximum atomic E-state index is 13.3. The fourth-order valence-electron chi connectivity index (χ4n) is 3.97. The number of amides is 1. The number of Topliss-reactive ketones (excluding diaryl/α,β-unsaturated/α-hetero) is 1. The molecule has 1 fully saturated rings. The van der Waals surface area contributed by atoms with Crippen LogP contribution in [-0.2, 0) is 9.59 Å². The van der Waals surface area contributed by atoms with Crippen LogP contribution in [0.3, 0.4) is 0 Å². The number of nitrogens with zero attached hydrogens (tertiary/aromatic N) is 3. The van der Waals surface area contributed by atoms with Gasteiger partial charge in [-0.2, -0.15) is 0 Å². The zero-order valence-electron chi connectivity index (χ0n) is 19.4. The Labute approximate surface area is 198 Å². The minimum absolute atomic E-state index is 0.0160. The lowest BCUT2D eigenvalue weighted by atomic mass is 9.96. The number of anilines is 2. The molecule has 1 atom stereocenters. The molecule has 1 aliphatic rings. The molecule has 0 bridgehead atoms. The van der Waals surface area contributed by atoms with Crippen LogP contribution < -0.4 is 14.5 Å². The molecule has 3 aromatic rings. The maximum absolute atomic E-state index is 13.3. The van der Waals surface area contributed by atoms with Crippen molar-refractivity contribution in [2.45, 2.75) is 19.4 Å². The summed E-state index contributed by atoms with van der Waals surface area (Å²) in [4.78, 5) is 34.0. The zero-order valence-corrected chi connectivity index (χ0v) is 19.4. The first-order valence-corrected chi connectivity index (χ1v) is 11.1. The monoisotopic (exact) mass is 457 g/mol. The Morgan fingerprint density at radius 2 is 1.85 bits per heavy atom. The highest BCUT2D eigenvalue weighted by atomic mass is 16.5. The number of benzene rings is 2. The van der Waals surface area contributed by atoms with Crippen LogP contribution in [0.2, 0.25) is 0 Å². The minimum Gasteiger partial charge on any atom is -0.507 e. The van der Waals surface area contributed by atoms with Gasteiger partial charge in [-0.25, -0.2) is 0 Å². The highest BCUT2D eigenvalue weighted by Gasteiger charge is 2.47. The molecule has 0 aliphatic carbocycles. The van der Waals surface area contributed by atoms with Gasteiger partial charge in [0.05, 0.1) is 18.2 Å². The van der Waals surface area contributed by atoms with Crippen LogP contribution in [0.5, 0.6) is 5.75 Å². The SMILES string of the molecule is CCCOc1cccc(/C(O)=C2\C(=O)C(=O)N(c3ccc(N(C)C)cc3)C2c2cccnc2)c1. The number of aliphatic hydroxyl groups is 1.